The number of hydrogen-bond donors (Lipinski definition) is 1. The van der Waals surface area contributed by atoms with Crippen LogP contribution in [0.15, 0.2) is 0 Å². The highest BCUT2D eigenvalue weighted by Crippen LogP contribution is 2.23. The number of likely N-dealkylation sites (tertiary alicyclic amines) is 1. The summed E-state index contributed by atoms with van der Waals surface area (Å²) < 4.78 is 10.8. The number of ether oxygens (including phenoxy) is 2. The second-order valence-corrected chi connectivity index (χ2v) is 4.55. The van der Waals surface area contributed by atoms with Crippen LogP contribution in [0.1, 0.15) is 6.92 Å². The predicted octanol–water partition coefficient (Wildman–Crippen LogP) is -0.304. The standard InChI is InChI=1S/C10H20N2O2/c1-10(13-2)7-12(8-10)5-9-6-14-4-3-11-9/h9,11H,3-8H2,1-2H3. The highest BCUT2D eigenvalue weighted by Gasteiger charge is 2.39. The molecule has 0 amide bonds. The van der Waals surface area contributed by atoms with Gasteiger partial charge in [0.05, 0.1) is 18.8 Å². The molecule has 0 bridgehead atoms. The topological polar surface area (TPSA) is 33.7 Å². The largest absolute Gasteiger partial charge is 0.378 e. The molecule has 4 nitrogen and oxygen atoms in total. The molecule has 0 aromatic heterocycles. The lowest BCUT2D eigenvalue weighted by Crippen LogP contribution is -2.64. The van der Waals surface area contributed by atoms with Crippen LogP contribution in [0, 0.1) is 0 Å². The zero-order chi connectivity index (χ0) is 10.0. The summed E-state index contributed by atoms with van der Waals surface area (Å²) in [5, 5.41) is 3.46. The van der Waals surface area contributed by atoms with Crippen LogP contribution in [0.25, 0.3) is 0 Å². The molecule has 0 aromatic rings. The van der Waals surface area contributed by atoms with Gasteiger partial charge in [0.1, 0.15) is 0 Å². The van der Waals surface area contributed by atoms with Gasteiger partial charge in [-0.15, -0.1) is 0 Å². The Balaban J connectivity index is 1.68. The van der Waals surface area contributed by atoms with Crippen molar-refractivity contribution >= 4 is 0 Å². The van der Waals surface area contributed by atoms with E-state index >= 15 is 0 Å². The van der Waals surface area contributed by atoms with Crippen LogP contribution in [0.4, 0.5) is 0 Å². The first-order valence-electron chi connectivity index (χ1n) is 5.30. The number of morpholine rings is 1. The van der Waals surface area contributed by atoms with Crippen LogP contribution in [-0.4, -0.2) is 63.0 Å². The van der Waals surface area contributed by atoms with Crippen molar-refractivity contribution in [2.45, 2.75) is 18.6 Å². The van der Waals surface area contributed by atoms with Crippen LogP contribution in [-0.2, 0) is 9.47 Å². The summed E-state index contributed by atoms with van der Waals surface area (Å²) in [6.45, 7) is 8.02. The first-order chi connectivity index (χ1) is 6.72. The maximum atomic E-state index is 5.41. The molecule has 4 heteroatoms. The van der Waals surface area contributed by atoms with Gasteiger partial charge in [-0.25, -0.2) is 0 Å². The third kappa shape index (κ3) is 2.25. The molecule has 82 valence electrons. The summed E-state index contributed by atoms with van der Waals surface area (Å²) in [5.74, 6) is 0. The molecule has 2 saturated heterocycles. The number of nitrogens with one attached hydrogen (secondary N) is 1. The third-order valence-corrected chi connectivity index (χ3v) is 3.09. The fraction of sp³-hybridized carbons (Fsp3) is 1.00. The van der Waals surface area contributed by atoms with Crippen molar-refractivity contribution in [1.82, 2.24) is 10.2 Å². The highest BCUT2D eigenvalue weighted by atomic mass is 16.5. The molecule has 1 N–H and O–H groups in total. The maximum absolute atomic E-state index is 5.41. The lowest BCUT2D eigenvalue weighted by Gasteiger charge is -2.48. The molecule has 1 atom stereocenters. The van der Waals surface area contributed by atoms with Gasteiger partial charge in [-0.1, -0.05) is 0 Å². The van der Waals surface area contributed by atoms with Crippen LogP contribution >= 0.6 is 0 Å². The van der Waals surface area contributed by atoms with Gasteiger partial charge >= 0.3 is 0 Å². The Morgan fingerprint density at radius 1 is 1.57 bits per heavy atom. The lowest BCUT2D eigenvalue weighted by atomic mass is 9.96. The second kappa shape index (κ2) is 4.14. The van der Waals surface area contributed by atoms with Gasteiger partial charge in [0, 0.05) is 39.3 Å². The van der Waals surface area contributed by atoms with E-state index in [1.807, 2.05) is 0 Å². The Bertz CT molecular complexity index is 187. The number of methoxy groups -OCH3 is 1. The molecule has 0 aliphatic carbocycles. The molecule has 0 aromatic carbocycles. The fourth-order valence-corrected chi connectivity index (χ4v) is 2.21. The SMILES string of the molecule is COC1(C)CN(CC2COCCN2)C1. The molecule has 14 heavy (non-hydrogen) atoms. The van der Waals surface area contributed by atoms with Gasteiger partial charge in [0.2, 0.25) is 0 Å². The first kappa shape index (κ1) is 10.4. The summed E-state index contributed by atoms with van der Waals surface area (Å²) in [6.07, 6.45) is 0. The molecule has 0 radical (unpaired) electrons. The lowest BCUT2D eigenvalue weighted by molar-refractivity contribution is -0.116. The molecule has 2 fully saturated rings. The summed E-state index contributed by atoms with van der Waals surface area (Å²) in [5.41, 5.74) is 0.0928. The zero-order valence-corrected chi connectivity index (χ0v) is 9.08. The normalized spacial score (nSPS) is 32.6. The Labute approximate surface area is 85.5 Å². The van der Waals surface area contributed by atoms with Gasteiger partial charge in [-0.2, -0.15) is 0 Å². The summed E-state index contributed by atoms with van der Waals surface area (Å²) in [4.78, 5) is 2.41. The average molecular weight is 200 g/mol. The molecule has 1 unspecified atom stereocenters. The molecule has 2 rings (SSSR count). The van der Waals surface area contributed by atoms with Crippen molar-refractivity contribution in [2.24, 2.45) is 0 Å². The maximum Gasteiger partial charge on any atom is 0.0903 e. The minimum atomic E-state index is 0.0928. The van der Waals surface area contributed by atoms with Crippen LogP contribution < -0.4 is 5.32 Å². The Morgan fingerprint density at radius 2 is 2.36 bits per heavy atom. The Hall–Kier alpha value is -0.160. The van der Waals surface area contributed by atoms with E-state index in [9.17, 15) is 0 Å². The monoisotopic (exact) mass is 200 g/mol. The summed E-state index contributed by atoms with van der Waals surface area (Å²) >= 11 is 0. The van der Waals surface area contributed by atoms with E-state index in [2.05, 4.69) is 17.1 Å². The minimum Gasteiger partial charge on any atom is -0.378 e. The quantitative estimate of drug-likeness (QED) is 0.678. The number of hydrogen-bond acceptors (Lipinski definition) is 4. The van der Waals surface area contributed by atoms with Gasteiger partial charge in [0.15, 0.2) is 0 Å². The molecular formula is C10H20N2O2. The van der Waals surface area contributed by atoms with E-state index < -0.39 is 0 Å². The van der Waals surface area contributed by atoms with Crippen molar-refractivity contribution in [3.8, 4) is 0 Å². The van der Waals surface area contributed by atoms with Crippen molar-refractivity contribution < 1.29 is 9.47 Å². The predicted molar refractivity (Wildman–Crippen MR) is 54.5 cm³/mol. The van der Waals surface area contributed by atoms with Crippen LogP contribution in [0.5, 0.6) is 0 Å². The van der Waals surface area contributed by atoms with Gasteiger partial charge in [0.25, 0.3) is 0 Å². The van der Waals surface area contributed by atoms with Crippen molar-refractivity contribution in [3.05, 3.63) is 0 Å². The van der Waals surface area contributed by atoms with E-state index in [1.54, 1.807) is 7.11 Å². The smallest absolute Gasteiger partial charge is 0.0903 e. The summed E-state index contributed by atoms with van der Waals surface area (Å²) in [6, 6.07) is 0.505. The molecule has 2 aliphatic heterocycles. The van der Waals surface area contributed by atoms with Crippen molar-refractivity contribution in [3.63, 3.8) is 0 Å². The molecule has 2 heterocycles. The van der Waals surface area contributed by atoms with Crippen molar-refractivity contribution in [1.29, 1.82) is 0 Å². The highest BCUT2D eigenvalue weighted by molar-refractivity contribution is 4.94. The van der Waals surface area contributed by atoms with Gasteiger partial charge < -0.3 is 14.8 Å². The fourth-order valence-electron chi connectivity index (χ4n) is 2.21. The number of nitrogens with zero attached hydrogens (tertiary/aromatic N) is 1. The molecule has 2 aliphatic rings. The van der Waals surface area contributed by atoms with Crippen LogP contribution in [0.2, 0.25) is 0 Å². The number of rotatable bonds is 3. The van der Waals surface area contributed by atoms with E-state index in [1.165, 1.54) is 0 Å². The van der Waals surface area contributed by atoms with Crippen LogP contribution in [0.3, 0.4) is 0 Å². The van der Waals surface area contributed by atoms with Crippen molar-refractivity contribution in [2.75, 3.05) is 46.5 Å². The van der Waals surface area contributed by atoms with Gasteiger partial charge in [-0.05, 0) is 6.92 Å². The molecular weight excluding hydrogens is 180 g/mol. The van der Waals surface area contributed by atoms with Gasteiger partial charge in [-0.3, -0.25) is 4.90 Å². The molecule has 0 saturated carbocycles. The minimum absolute atomic E-state index is 0.0928. The first-order valence-corrected chi connectivity index (χ1v) is 5.30. The van der Waals surface area contributed by atoms with E-state index in [4.69, 9.17) is 9.47 Å². The van der Waals surface area contributed by atoms with E-state index in [0.29, 0.717) is 6.04 Å². The second-order valence-electron chi connectivity index (χ2n) is 4.55. The Kier molecular flexibility index (Phi) is 3.07. The Morgan fingerprint density at radius 3 is 2.93 bits per heavy atom. The summed E-state index contributed by atoms with van der Waals surface area (Å²) in [7, 11) is 1.79. The molecule has 0 spiro atoms. The zero-order valence-electron chi connectivity index (χ0n) is 9.08. The third-order valence-electron chi connectivity index (χ3n) is 3.09. The average Bonchev–Trinajstić information content (AvgIpc) is 2.17. The van der Waals surface area contributed by atoms with E-state index in [-0.39, 0.29) is 5.60 Å². The van der Waals surface area contributed by atoms with E-state index in [0.717, 1.165) is 39.4 Å².